The third-order valence-electron chi connectivity index (χ3n) is 4.01. The Morgan fingerprint density at radius 3 is 2.88 bits per heavy atom. The molecule has 0 aromatic carbocycles. The van der Waals surface area contributed by atoms with Crippen molar-refractivity contribution in [2.45, 2.75) is 37.2 Å². The fraction of sp³-hybridized carbons (Fsp3) is 0.400. The van der Waals surface area contributed by atoms with Gasteiger partial charge in [0.25, 0.3) is 0 Å². The molecule has 3 rings (SSSR count). The van der Waals surface area contributed by atoms with Crippen LogP contribution in [0, 0.1) is 0 Å². The van der Waals surface area contributed by atoms with Gasteiger partial charge in [-0.1, -0.05) is 6.07 Å². The highest BCUT2D eigenvalue weighted by molar-refractivity contribution is 7.89. The number of aromatic amines is 1. The maximum Gasteiger partial charge on any atom is 0.246 e. The van der Waals surface area contributed by atoms with E-state index in [1.807, 2.05) is 12.1 Å². The van der Waals surface area contributed by atoms with Crippen LogP contribution in [0.3, 0.4) is 0 Å². The van der Waals surface area contributed by atoms with Crippen molar-refractivity contribution in [2.75, 3.05) is 6.54 Å². The molecule has 1 aliphatic heterocycles. The number of amides is 1. The second kappa shape index (κ2) is 6.70. The number of carbonyl (C=O) groups excluding carboxylic acids is 1. The van der Waals surface area contributed by atoms with Gasteiger partial charge in [0.2, 0.25) is 15.9 Å². The molecule has 0 spiro atoms. The number of hydrogen-bond acceptors (Lipinski definition) is 5. The van der Waals surface area contributed by atoms with Crippen LogP contribution < -0.4 is 5.32 Å². The average Bonchev–Trinajstić information content (AvgIpc) is 3.25. The van der Waals surface area contributed by atoms with Crippen molar-refractivity contribution in [3.63, 3.8) is 0 Å². The highest BCUT2D eigenvalue weighted by atomic mass is 32.2. The molecule has 1 unspecified atom stereocenters. The first-order valence-corrected chi connectivity index (χ1v) is 9.12. The van der Waals surface area contributed by atoms with E-state index in [0.29, 0.717) is 18.8 Å². The molecular weight excluding hydrogens is 330 g/mol. The summed E-state index contributed by atoms with van der Waals surface area (Å²) in [7, 11) is -3.58. The second-order valence-electron chi connectivity index (χ2n) is 5.71. The van der Waals surface area contributed by atoms with Gasteiger partial charge in [-0.3, -0.25) is 14.9 Å². The Bertz CT molecular complexity index is 802. The van der Waals surface area contributed by atoms with Gasteiger partial charge >= 0.3 is 0 Å². The first kappa shape index (κ1) is 16.6. The predicted molar refractivity (Wildman–Crippen MR) is 86.2 cm³/mol. The van der Waals surface area contributed by atoms with Crippen LogP contribution in [-0.2, 0) is 21.4 Å². The Morgan fingerprint density at radius 2 is 2.25 bits per heavy atom. The molecule has 8 nitrogen and oxygen atoms in total. The zero-order chi connectivity index (χ0) is 17.2. The van der Waals surface area contributed by atoms with Gasteiger partial charge in [-0.25, -0.2) is 8.42 Å². The summed E-state index contributed by atoms with van der Waals surface area (Å²) in [6.07, 6.45) is 5.89. The van der Waals surface area contributed by atoms with Crippen LogP contribution in [-0.4, -0.2) is 40.4 Å². The third kappa shape index (κ3) is 3.31. The maximum absolute atomic E-state index is 12.7. The molecule has 1 fully saturated rings. The van der Waals surface area contributed by atoms with E-state index in [0.717, 1.165) is 18.4 Å². The fourth-order valence-electron chi connectivity index (χ4n) is 2.80. The van der Waals surface area contributed by atoms with Gasteiger partial charge in [0.1, 0.15) is 4.90 Å². The van der Waals surface area contributed by atoms with Crippen LogP contribution >= 0.6 is 0 Å². The molecule has 2 N–H and O–H groups in total. The van der Waals surface area contributed by atoms with E-state index in [-0.39, 0.29) is 16.8 Å². The van der Waals surface area contributed by atoms with E-state index in [4.69, 9.17) is 0 Å². The van der Waals surface area contributed by atoms with Crippen molar-refractivity contribution < 1.29 is 13.2 Å². The highest BCUT2D eigenvalue weighted by Crippen LogP contribution is 2.35. The molecule has 0 saturated carbocycles. The van der Waals surface area contributed by atoms with Gasteiger partial charge in [-0.2, -0.15) is 9.40 Å². The normalized spacial score (nSPS) is 18.6. The zero-order valence-electron chi connectivity index (χ0n) is 13.3. The summed E-state index contributed by atoms with van der Waals surface area (Å²) in [5, 5.41) is 8.97. The molecule has 9 heteroatoms. The Morgan fingerprint density at radius 1 is 1.42 bits per heavy atom. The van der Waals surface area contributed by atoms with Crippen LogP contribution in [0.15, 0.2) is 35.6 Å². The highest BCUT2D eigenvalue weighted by Gasteiger charge is 2.37. The van der Waals surface area contributed by atoms with E-state index < -0.39 is 10.0 Å². The van der Waals surface area contributed by atoms with Crippen molar-refractivity contribution in [3.8, 4) is 0 Å². The van der Waals surface area contributed by atoms with Gasteiger partial charge in [-0.05, 0) is 24.5 Å². The van der Waals surface area contributed by atoms with Gasteiger partial charge < -0.3 is 5.32 Å². The van der Waals surface area contributed by atoms with Crippen molar-refractivity contribution in [2.24, 2.45) is 0 Å². The molecule has 1 saturated heterocycles. The second-order valence-corrected chi connectivity index (χ2v) is 7.60. The molecule has 0 aliphatic carbocycles. The molecule has 0 radical (unpaired) electrons. The van der Waals surface area contributed by atoms with Crippen LogP contribution in [0.5, 0.6) is 0 Å². The number of sulfonamides is 1. The Hall–Kier alpha value is -2.26. The molecule has 2 aromatic heterocycles. The smallest absolute Gasteiger partial charge is 0.246 e. The van der Waals surface area contributed by atoms with Crippen LogP contribution in [0.2, 0.25) is 0 Å². The summed E-state index contributed by atoms with van der Waals surface area (Å²) in [6, 6.07) is 3.41. The standard InChI is InChI=1S/C15H19N5O3S/c1-11(21)16-7-12-4-5-14(17-8-12)15-3-2-6-20(15)24(22,23)13-9-18-19-10-13/h4-5,8-10,15H,2-3,6-7H2,1H3,(H,16,21)(H,18,19). The monoisotopic (exact) mass is 349 g/mol. The quantitative estimate of drug-likeness (QED) is 0.836. The molecule has 1 atom stereocenters. The number of H-pyrrole nitrogens is 1. The number of pyridine rings is 1. The van der Waals surface area contributed by atoms with Crippen molar-refractivity contribution in [1.82, 2.24) is 24.8 Å². The SMILES string of the molecule is CC(=O)NCc1ccc(C2CCCN2S(=O)(=O)c2cn[nH]c2)nc1. The van der Waals surface area contributed by atoms with Crippen LogP contribution in [0.4, 0.5) is 0 Å². The average molecular weight is 349 g/mol. The lowest BCUT2D eigenvalue weighted by atomic mass is 10.1. The van der Waals surface area contributed by atoms with E-state index in [1.54, 1.807) is 6.20 Å². The molecule has 24 heavy (non-hydrogen) atoms. The van der Waals surface area contributed by atoms with Crippen LogP contribution in [0.25, 0.3) is 0 Å². The Kier molecular flexibility index (Phi) is 4.63. The van der Waals surface area contributed by atoms with Crippen molar-refractivity contribution in [3.05, 3.63) is 42.0 Å². The fourth-order valence-corrected chi connectivity index (χ4v) is 4.38. The minimum atomic E-state index is -3.58. The van der Waals surface area contributed by atoms with E-state index in [1.165, 1.54) is 23.6 Å². The third-order valence-corrected chi connectivity index (χ3v) is 5.89. The minimum absolute atomic E-state index is 0.104. The molecule has 3 heterocycles. The number of hydrogen-bond donors (Lipinski definition) is 2. The number of rotatable bonds is 5. The van der Waals surface area contributed by atoms with Gasteiger partial charge in [0, 0.05) is 32.4 Å². The lowest BCUT2D eigenvalue weighted by molar-refractivity contribution is -0.119. The molecule has 128 valence electrons. The van der Waals surface area contributed by atoms with Crippen LogP contribution in [0.1, 0.15) is 37.1 Å². The first-order chi connectivity index (χ1) is 11.5. The molecule has 1 amide bonds. The lowest BCUT2D eigenvalue weighted by Crippen LogP contribution is -2.31. The van der Waals surface area contributed by atoms with Gasteiger partial charge in [0.15, 0.2) is 0 Å². The number of carbonyl (C=O) groups is 1. The summed E-state index contributed by atoms with van der Waals surface area (Å²) >= 11 is 0. The Labute approximate surface area is 140 Å². The van der Waals surface area contributed by atoms with E-state index in [9.17, 15) is 13.2 Å². The predicted octanol–water partition coefficient (Wildman–Crippen LogP) is 0.967. The van der Waals surface area contributed by atoms with Gasteiger partial charge in [0.05, 0.1) is 17.9 Å². The Balaban J connectivity index is 1.79. The molecule has 1 aliphatic rings. The zero-order valence-corrected chi connectivity index (χ0v) is 14.1. The molecular formula is C15H19N5O3S. The first-order valence-electron chi connectivity index (χ1n) is 7.68. The number of aromatic nitrogens is 3. The van der Waals surface area contributed by atoms with E-state index >= 15 is 0 Å². The lowest BCUT2D eigenvalue weighted by Gasteiger charge is -2.23. The topological polar surface area (TPSA) is 108 Å². The summed E-state index contributed by atoms with van der Waals surface area (Å²) in [4.78, 5) is 15.5. The minimum Gasteiger partial charge on any atom is -0.352 e. The number of nitrogens with one attached hydrogen (secondary N) is 2. The summed E-state index contributed by atoms with van der Waals surface area (Å²) in [5.74, 6) is -0.104. The molecule has 0 bridgehead atoms. The molecule has 2 aromatic rings. The van der Waals surface area contributed by atoms with E-state index in [2.05, 4.69) is 20.5 Å². The number of nitrogens with zero attached hydrogens (tertiary/aromatic N) is 3. The summed E-state index contributed by atoms with van der Waals surface area (Å²) in [5.41, 5.74) is 1.59. The summed E-state index contributed by atoms with van der Waals surface area (Å²) in [6.45, 7) is 2.33. The van der Waals surface area contributed by atoms with Crippen molar-refractivity contribution in [1.29, 1.82) is 0 Å². The van der Waals surface area contributed by atoms with Gasteiger partial charge in [-0.15, -0.1) is 0 Å². The largest absolute Gasteiger partial charge is 0.352 e. The maximum atomic E-state index is 12.7. The van der Waals surface area contributed by atoms with Crippen molar-refractivity contribution >= 4 is 15.9 Å². The summed E-state index contributed by atoms with van der Waals surface area (Å²) < 4.78 is 26.9.